The van der Waals surface area contributed by atoms with Crippen LogP contribution in [-0.2, 0) is 21.4 Å². The van der Waals surface area contributed by atoms with Crippen LogP contribution in [0.4, 0.5) is 5.69 Å². The molecule has 2 heterocycles. The number of halogens is 1. The summed E-state index contributed by atoms with van der Waals surface area (Å²) < 4.78 is 33.0. The molecule has 0 atom stereocenters. The van der Waals surface area contributed by atoms with Gasteiger partial charge in [-0.1, -0.05) is 17.7 Å². The lowest BCUT2D eigenvalue weighted by atomic mass is 9.90. The largest absolute Gasteiger partial charge is 0.497 e. The standard InChI is InChI=1S/C30H42ClN3O4S/c1-22-17-27(38-4)18-23(2)30(22)39(36,37)32(3)14-11-26(35)19-24-9-15-34(16-10-24)29-8-7-25(20-28(29)31)21-33-12-5-6-13-33/h7-8,17-18,20,24H,5-6,9-16,19,21H2,1-4H3. The summed E-state index contributed by atoms with van der Waals surface area (Å²) in [7, 11) is -0.595. The summed E-state index contributed by atoms with van der Waals surface area (Å²) in [4.78, 5) is 17.9. The molecule has 0 spiro atoms. The van der Waals surface area contributed by atoms with Gasteiger partial charge in [-0.15, -0.1) is 0 Å². The van der Waals surface area contributed by atoms with Gasteiger partial charge in [0.05, 0.1) is 22.7 Å². The van der Waals surface area contributed by atoms with Crippen molar-refractivity contribution in [1.29, 1.82) is 0 Å². The lowest BCUT2D eigenvalue weighted by Gasteiger charge is -2.34. The first-order valence-corrected chi connectivity index (χ1v) is 15.8. The molecule has 2 fully saturated rings. The number of hydrogen-bond donors (Lipinski definition) is 0. The van der Waals surface area contributed by atoms with Crippen LogP contribution in [0.5, 0.6) is 5.75 Å². The molecule has 0 unspecified atom stereocenters. The van der Waals surface area contributed by atoms with E-state index >= 15 is 0 Å². The van der Waals surface area contributed by atoms with Gasteiger partial charge in [-0.2, -0.15) is 0 Å². The van der Waals surface area contributed by atoms with E-state index < -0.39 is 10.0 Å². The third kappa shape index (κ3) is 7.34. The predicted molar refractivity (Wildman–Crippen MR) is 157 cm³/mol. The molecule has 0 saturated carbocycles. The van der Waals surface area contributed by atoms with Crippen molar-refractivity contribution in [3.8, 4) is 5.75 Å². The molecule has 0 aromatic heterocycles. The topological polar surface area (TPSA) is 70.2 Å². The summed E-state index contributed by atoms with van der Waals surface area (Å²) in [5, 5.41) is 0.799. The summed E-state index contributed by atoms with van der Waals surface area (Å²) in [5.74, 6) is 1.06. The number of anilines is 1. The van der Waals surface area contributed by atoms with Gasteiger partial charge in [-0.3, -0.25) is 9.69 Å². The van der Waals surface area contributed by atoms with Crippen LogP contribution in [0.15, 0.2) is 35.2 Å². The van der Waals surface area contributed by atoms with Gasteiger partial charge in [-0.25, -0.2) is 12.7 Å². The minimum atomic E-state index is -3.70. The van der Waals surface area contributed by atoms with Crippen LogP contribution in [0, 0.1) is 19.8 Å². The van der Waals surface area contributed by atoms with E-state index in [0.29, 0.717) is 29.2 Å². The van der Waals surface area contributed by atoms with Crippen LogP contribution in [0.1, 0.15) is 55.2 Å². The maximum absolute atomic E-state index is 13.2. The van der Waals surface area contributed by atoms with E-state index in [1.807, 2.05) is 0 Å². The van der Waals surface area contributed by atoms with Gasteiger partial charge in [0, 0.05) is 46.1 Å². The molecule has 2 aromatic carbocycles. The lowest BCUT2D eigenvalue weighted by molar-refractivity contribution is -0.120. The summed E-state index contributed by atoms with van der Waals surface area (Å²) >= 11 is 6.68. The molecule has 0 aliphatic carbocycles. The number of carbonyl (C=O) groups excluding carboxylic acids is 1. The normalized spacial score (nSPS) is 17.2. The van der Waals surface area contributed by atoms with Gasteiger partial charge in [0.15, 0.2) is 0 Å². The Bertz CT molecular complexity index is 1250. The minimum Gasteiger partial charge on any atom is -0.497 e. The van der Waals surface area contributed by atoms with Crippen molar-refractivity contribution in [3.63, 3.8) is 0 Å². The third-order valence-electron chi connectivity index (χ3n) is 8.13. The number of hydrogen-bond acceptors (Lipinski definition) is 6. The average Bonchev–Trinajstić information content (AvgIpc) is 3.40. The Hall–Kier alpha value is -2.13. The monoisotopic (exact) mass is 575 g/mol. The zero-order valence-corrected chi connectivity index (χ0v) is 25.3. The van der Waals surface area contributed by atoms with Crippen molar-refractivity contribution in [2.24, 2.45) is 5.92 Å². The molecule has 39 heavy (non-hydrogen) atoms. The zero-order chi connectivity index (χ0) is 28.2. The fraction of sp³-hybridized carbons (Fsp3) is 0.567. The van der Waals surface area contributed by atoms with E-state index in [2.05, 4.69) is 28.0 Å². The van der Waals surface area contributed by atoms with Crippen molar-refractivity contribution in [2.75, 3.05) is 51.8 Å². The van der Waals surface area contributed by atoms with Crippen LogP contribution in [0.3, 0.4) is 0 Å². The Kier molecular flexibility index (Phi) is 9.97. The molecule has 0 radical (unpaired) electrons. The van der Waals surface area contributed by atoms with E-state index in [1.165, 1.54) is 35.8 Å². The van der Waals surface area contributed by atoms with Crippen molar-refractivity contribution >= 4 is 33.1 Å². The first-order valence-electron chi connectivity index (χ1n) is 14.0. The highest BCUT2D eigenvalue weighted by Crippen LogP contribution is 2.32. The number of ether oxygens (including phenoxy) is 1. The first kappa shape index (κ1) is 29.8. The van der Waals surface area contributed by atoms with Gasteiger partial charge >= 0.3 is 0 Å². The number of piperidine rings is 1. The Morgan fingerprint density at radius 1 is 1.05 bits per heavy atom. The fourth-order valence-electron chi connectivity index (χ4n) is 5.90. The Labute approximate surface area is 239 Å². The molecular weight excluding hydrogens is 534 g/mol. The summed E-state index contributed by atoms with van der Waals surface area (Å²) in [6, 6.07) is 9.88. The van der Waals surface area contributed by atoms with Crippen molar-refractivity contribution < 1.29 is 17.9 Å². The first-order chi connectivity index (χ1) is 18.6. The number of ketones is 1. The van der Waals surface area contributed by atoms with Gasteiger partial charge in [0.25, 0.3) is 0 Å². The molecule has 0 bridgehead atoms. The highest BCUT2D eigenvalue weighted by molar-refractivity contribution is 7.89. The number of benzene rings is 2. The molecule has 4 rings (SSSR count). The molecule has 2 saturated heterocycles. The molecule has 0 N–H and O–H groups in total. The number of likely N-dealkylation sites (tertiary alicyclic amines) is 1. The summed E-state index contributed by atoms with van der Waals surface area (Å²) in [6.07, 6.45) is 5.12. The average molecular weight is 576 g/mol. The molecule has 2 aliphatic rings. The second-order valence-corrected chi connectivity index (χ2v) is 13.5. The molecule has 0 amide bonds. The van der Waals surface area contributed by atoms with E-state index in [0.717, 1.165) is 43.2 Å². The van der Waals surface area contributed by atoms with Gasteiger partial charge in [-0.05, 0) is 99.5 Å². The Morgan fingerprint density at radius 2 is 1.69 bits per heavy atom. The fourth-order valence-corrected chi connectivity index (χ4v) is 7.80. The van der Waals surface area contributed by atoms with Crippen LogP contribution in [0.2, 0.25) is 5.02 Å². The lowest BCUT2D eigenvalue weighted by Crippen LogP contribution is -2.35. The SMILES string of the molecule is COc1cc(C)c(S(=O)(=O)N(C)CCC(=O)CC2CCN(c3ccc(CN4CCCC4)cc3Cl)CC2)c(C)c1. The number of aryl methyl sites for hydroxylation is 2. The Morgan fingerprint density at radius 3 is 2.28 bits per heavy atom. The Balaban J connectivity index is 1.25. The molecule has 9 heteroatoms. The quantitative estimate of drug-likeness (QED) is 0.355. The molecule has 214 valence electrons. The van der Waals surface area contributed by atoms with Gasteiger partial charge < -0.3 is 9.64 Å². The number of methoxy groups -OCH3 is 1. The van der Waals surface area contributed by atoms with Crippen LogP contribution < -0.4 is 9.64 Å². The highest BCUT2D eigenvalue weighted by atomic mass is 35.5. The minimum absolute atomic E-state index is 0.114. The number of sulfonamides is 1. The number of nitrogens with zero attached hydrogens (tertiary/aromatic N) is 3. The van der Waals surface area contributed by atoms with Gasteiger partial charge in [0.1, 0.15) is 11.5 Å². The van der Waals surface area contributed by atoms with Crippen LogP contribution >= 0.6 is 11.6 Å². The van der Waals surface area contributed by atoms with E-state index in [-0.39, 0.29) is 23.6 Å². The van der Waals surface area contributed by atoms with Crippen LogP contribution in [-0.4, -0.2) is 70.3 Å². The molecular formula is C30H42ClN3O4S. The molecule has 7 nitrogen and oxygen atoms in total. The molecule has 2 aliphatic heterocycles. The second-order valence-electron chi connectivity index (χ2n) is 11.1. The highest BCUT2D eigenvalue weighted by Gasteiger charge is 2.27. The van der Waals surface area contributed by atoms with Crippen LogP contribution in [0.25, 0.3) is 0 Å². The summed E-state index contributed by atoms with van der Waals surface area (Å²) in [5.41, 5.74) is 3.61. The molecule has 2 aromatic rings. The van der Waals surface area contributed by atoms with Gasteiger partial charge in [0.2, 0.25) is 10.0 Å². The summed E-state index contributed by atoms with van der Waals surface area (Å²) in [6.45, 7) is 8.73. The van der Waals surface area contributed by atoms with E-state index in [1.54, 1.807) is 40.1 Å². The number of Topliss-reactive ketones (excluding diaryl/α,β-unsaturated/α-hetero) is 1. The van der Waals surface area contributed by atoms with E-state index in [4.69, 9.17) is 16.3 Å². The maximum Gasteiger partial charge on any atom is 0.243 e. The van der Waals surface area contributed by atoms with E-state index in [9.17, 15) is 13.2 Å². The van der Waals surface area contributed by atoms with Crippen molar-refractivity contribution in [1.82, 2.24) is 9.21 Å². The van der Waals surface area contributed by atoms with Crippen molar-refractivity contribution in [3.05, 3.63) is 52.0 Å². The van der Waals surface area contributed by atoms with Crippen molar-refractivity contribution in [2.45, 2.75) is 63.8 Å². The number of carbonyl (C=O) groups is 1. The smallest absolute Gasteiger partial charge is 0.243 e. The number of rotatable bonds is 11. The zero-order valence-electron chi connectivity index (χ0n) is 23.7. The second kappa shape index (κ2) is 13.0. The third-order valence-corrected chi connectivity index (χ3v) is 10.6. The maximum atomic E-state index is 13.2. The predicted octanol–water partition coefficient (Wildman–Crippen LogP) is 5.45.